The van der Waals surface area contributed by atoms with Crippen molar-refractivity contribution in [3.8, 4) is 0 Å². The summed E-state index contributed by atoms with van der Waals surface area (Å²) in [6.07, 6.45) is 4.00. The maximum Gasteiger partial charge on any atom is 0.245 e. The maximum absolute atomic E-state index is 12.9. The summed E-state index contributed by atoms with van der Waals surface area (Å²) >= 11 is 4.77. The average molecular weight is 452 g/mol. The number of amides is 1. The van der Waals surface area contributed by atoms with Crippen LogP contribution in [0.5, 0.6) is 0 Å². The normalized spacial score (nSPS) is 29.2. The van der Waals surface area contributed by atoms with Crippen molar-refractivity contribution >= 4 is 43.0 Å². The van der Waals surface area contributed by atoms with Crippen molar-refractivity contribution in [2.45, 2.75) is 56.0 Å². The molecule has 0 aromatic carbocycles. The number of ether oxygens (including phenoxy) is 1. The van der Waals surface area contributed by atoms with Crippen molar-refractivity contribution < 1.29 is 22.8 Å². The smallest absolute Gasteiger partial charge is 0.245 e. The zero-order chi connectivity index (χ0) is 17.9. The molecule has 9 heteroatoms. The lowest BCUT2D eigenvalue weighted by Gasteiger charge is -2.35. The monoisotopic (exact) mass is 451 g/mol. The van der Waals surface area contributed by atoms with Gasteiger partial charge < -0.3 is 4.74 Å². The van der Waals surface area contributed by atoms with Crippen LogP contribution in [0.2, 0.25) is 0 Å². The third-order valence-corrected chi connectivity index (χ3v) is 9.29. The Morgan fingerprint density at radius 2 is 2.20 bits per heavy atom. The van der Waals surface area contributed by atoms with Crippen LogP contribution in [0.3, 0.4) is 0 Å². The molecule has 2 aliphatic heterocycles. The fourth-order valence-electron chi connectivity index (χ4n) is 3.41. The van der Waals surface area contributed by atoms with Crippen LogP contribution in [0.4, 0.5) is 0 Å². The fourth-order valence-corrected chi connectivity index (χ4v) is 7.57. The van der Waals surface area contributed by atoms with Crippen LogP contribution in [-0.4, -0.2) is 33.0 Å². The zero-order valence-electron chi connectivity index (χ0n) is 13.8. The van der Waals surface area contributed by atoms with Crippen LogP contribution in [0.25, 0.3) is 0 Å². The summed E-state index contributed by atoms with van der Waals surface area (Å²) in [5.74, 6) is -0.313. The molecule has 1 amide bonds. The van der Waals surface area contributed by atoms with Gasteiger partial charge in [0.15, 0.2) is 16.1 Å². The quantitative estimate of drug-likeness (QED) is 0.694. The first-order chi connectivity index (χ1) is 11.9. The molecule has 1 N–H and O–H groups in total. The largest absolute Gasteiger partial charge is 0.350 e. The molecule has 2 saturated heterocycles. The fraction of sp³-hybridized carbons (Fsp3) is 0.688. The highest BCUT2D eigenvalue weighted by Crippen LogP contribution is 2.46. The van der Waals surface area contributed by atoms with Gasteiger partial charge in [-0.3, -0.25) is 4.79 Å². The summed E-state index contributed by atoms with van der Waals surface area (Å²) in [5.41, 5.74) is 2.40. The van der Waals surface area contributed by atoms with Gasteiger partial charge >= 0.3 is 0 Å². The van der Waals surface area contributed by atoms with E-state index in [1.165, 1.54) is 11.3 Å². The van der Waals surface area contributed by atoms with Gasteiger partial charge in [0, 0.05) is 17.9 Å². The van der Waals surface area contributed by atoms with Gasteiger partial charge in [-0.1, -0.05) is 6.42 Å². The number of halogens is 1. The zero-order valence-corrected chi connectivity index (χ0v) is 17.1. The molecule has 0 spiro atoms. The Morgan fingerprint density at radius 3 is 2.84 bits per heavy atom. The van der Waals surface area contributed by atoms with Crippen LogP contribution in [0.1, 0.15) is 49.8 Å². The lowest BCUT2D eigenvalue weighted by atomic mass is 9.94. The minimum absolute atomic E-state index is 0.113. The highest BCUT2D eigenvalue weighted by atomic mass is 79.9. The number of rotatable bonds is 5. The van der Waals surface area contributed by atoms with Gasteiger partial charge in [0.2, 0.25) is 5.91 Å². The first kappa shape index (κ1) is 19.3. The summed E-state index contributed by atoms with van der Waals surface area (Å²) in [7, 11) is -3.42. The molecule has 0 radical (unpaired) electrons. The summed E-state index contributed by atoms with van der Waals surface area (Å²) in [4.78, 5) is 18.5. The lowest BCUT2D eigenvalue weighted by molar-refractivity contribution is -0.200. The summed E-state index contributed by atoms with van der Waals surface area (Å²) in [6.45, 7) is 0.613. The molecule has 0 aliphatic carbocycles. The van der Waals surface area contributed by atoms with Crippen LogP contribution in [0, 0.1) is 0 Å². The average Bonchev–Trinajstić information content (AvgIpc) is 3.03. The van der Waals surface area contributed by atoms with Crippen LogP contribution >= 0.6 is 27.3 Å². The van der Waals surface area contributed by atoms with E-state index in [0.717, 1.165) is 29.5 Å². The molecule has 140 valence electrons. The number of carbonyl (C=O) groups is 1. The van der Waals surface area contributed by atoms with E-state index in [4.69, 9.17) is 9.57 Å². The molecule has 3 rings (SSSR count). The van der Waals surface area contributed by atoms with Gasteiger partial charge in [-0.2, -0.15) is 0 Å². The standard InChI is InChI=1S/C16H22BrNO5S2/c17-13-7-6-12(24-13)16(8-2-4-10-25(16,20)21)11-14(19)18-23-15-5-1-3-9-22-15/h6-7,15H,1-5,8-11H2,(H,18,19). The molecule has 2 unspecified atom stereocenters. The van der Waals surface area contributed by atoms with Gasteiger partial charge in [0.25, 0.3) is 0 Å². The molecule has 1 aromatic heterocycles. The second-order valence-corrected chi connectivity index (χ2v) is 11.4. The first-order valence-corrected chi connectivity index (χ1v) is 11.7. The van der Waals surface area contributed by atoms with E-state index in [9.17, 15) is 13.2 Å². The van der Waals surface area contributed by atoms with E-state index in [0.29, 0.717) is 24.3 Å². The first-order valence-electron chi connectivity index (χ1n) is 8.47. The summed E-state index contributed by atoms with van der Waals surface area (Å²) < 4.78 is 30.9. The number of thiophene rings is 1. The Bertz CT molecular complexity index is 714. The molecule has 0 saturated carbocycles. The Hall–Kier alpha value is -0.480. The predicted molar refractivity (Wildman–Crippen MR) is 98.8 cm³/mol. The van der Waals surface area contributed by atoms with Crippen LogP contribution < -0.4 is 5.48 Å². The SMILES string of the molecule is O=C(CC1(c2ccc(Br)s2)CCCCS1(=O)=O)NOC1CCCCO1. The van der Waals surface area contributed by atoms with Crippen LogP contribution in [0.15, 0.2) is 15.9 Å². The van der Waals surface area contributed by atoms with Gasteiger partial charge in [0.1, 0.15) is 4.75 Å². The highest BCUT2D eigenvalue weighted by molar-refractivity contribution is 9.11. The molecular formula is C16H22BrNO5S2. The van der Waals surface area contributed by atoms with Crippen molar-refractivity contribution in [1.82, 2.24) is 5.48 Å². The number of sulfone groups is 1. The molecule has 0 bridgehead atoms. The maximum atomic E-state index is 12.9. The number of carbonyl (C=O) groups excluding carboxylic acids is 1. The molecule has 2 fully saturated rings. The Balaban J connectivity index is 1.75. The third kappa shape index (κ3) is 4.27. The lowest BCUT2D eigenvalue weighted by Crippen LogP contribution is -2.45. The molecule has 6 nitrogen and oxygen atoms in total. The van der Waals surface area contributed by atoms with E-state index in [1.807, 2.05) is 6.07 Å². The van der Waals surface area contributed by atoms with Crippen molar-refractivity contribution in [3.05, 3.63) is 20.8 Å². The molecule has 2 aliphatic rings. The molecule has 3 heterocycles. The third-order valence-electron chi connectivity index (χ3n) is 4.75. The predicted octanol–water partition coefficient (Wildman–Crippen LogP) is 3.27. The van der Waals surface area contributed by atoms with Crippen molar-refractivity contribution in [2.24, 2.45) is 0 Å². The second kappa shape index (κ2) is 8.04. The summed E-state index contributed by atoms with van der Waals surface area (Å²) in [5, 5.41) is 0. The minimum atomic E-state index is -3.42. The number of hydrogen-bond acceptors (Lipinski definition) is 6. The van der Waals surface area contributed by atoms with E-state index in [1.54, 1.807) is 6.07 Å². The number of hydrogen-bond donors (Lipinski definition) is 1. The molecule has 2 atom stereocenters. The molecule has 25 heavy (non-hydrogen) atoms. The Kier molecular flexibility index (Phi) is 6.20. The van der Waals surface area contributed by atoms with Gasteiger partial charge in [-0.15, -0.1) is 11.3 Å². The molecule has 1 aromatic rings. The van der Waals surface area contributed by atoms with Crippen molar-refractivity contribution in [1.29, 1.82) is 0 Å². The van der Waals surface area contributed by atoms with Gasteiger partial charge in [-0.25, -0.2) is 18.7 Å². The number of hydroxylamine groups is 1. The van der Waals surface area contributed by atoms with Crippen molar-refractivity contribution in [3.63, 3.8) is 0 Å². The highest BCUT2D eigenvalue weighted by Gasteiger charge is 2.49. The van der Waals surface area contributed by atoms with E-state index < -0.39 is 26.8 Å². The second-order valence-electron chi connectivity index (χ2n) is 6.49. The molecular weight excluding hydrogens is 430 g/mol. The number of nitrogens with one attached hydrogen (secondary N) is 1. The summed E-state index contributed by atoms with van der Waals surface area (Å²) in [6, 6.07) is 3.63. The van der Waals surface area contributed by atoms with E-state index >= 15 is 0 Å². The van der Waals surface area contributed by atoms with E-state index in [-0.39, 0.29) is 12.2 Å². The van der Waals surface area contributed by atoms with Crippen molar-refractivity contribution in [2.75, 3.05) is 12.4 Å². The van der Waals surface area contributed by atoms with Crippen LogP contribution in [-0.2, 0) is 29.0 Å². The van der Waals surface area contributed by atoms with E-state index in [2.05, 4.69) is 21.4 Å². The topological polar surface area (TPSA) is 81.7 Å². The Morgan fingerprint density at radius 1 is 1.36 bits per heavy atom. The minimum Gasteiger partial charge on any atom is -0.350 e. The van der Waals surface area contributed by atoms with Gasteiger partial charge in [-0.05, 0) is 53.7 Å². The Labute approximate surface area is 160 Å². The van der Waals surface area contributed by atoms with Gasteiger partial charge in [0.05, 0.1) is 16.0 Å².